The molecule has 1 N–H and O–H groups in total. The molecule has 25 heteroatoms. The minimum atomic E-state index is -4.45. The summed E-state index contributed by atoms with van der Waals surface area (Å²) < 4.78 is 52.6. The number of rotatable bonds is 42. The van der Waals surface area contributed by atoms with Crippen molar-refractivity contribution in [3.05, 3.63) is 130 Å². The molecule has 0 saturated carbocycles. The van der Waals surface area contributed by atoms with Crippen LogP contribution in [0.5, 0.6) is 0 Å². The van der Waals surface area contributed by atoms with Gasteiger partial charge in [0.05, 0.1) is 39.6 Å². The van der Waals surface area contributed by atoms with E-state index < -0.39 is 15.6 Å². The van der Waals surface area contributed by atoms with Crippen LogP contribution in [0.1, 0.15) is 250 Å². The van der Waals surface area contributed by atoms with Crippen molar-refractivity contribution in [2.75, 3.05) is 72.6 Å². The highest BCUT2D eigenvalue weighted by Crippen LogP contribution is 2.39. The third-order valence-corrected chi connectivity index (χ3v) is 12.1. The number of carbonyl (C=O) groups is 2. The Balaban J connectivity index is -0.000000103. The van der Waals surface area contributed by atoms with Gasteiger partial charge in [0.15, 0.2) is 0 Å². The normalized spacial score (nSPS) is 12.4. The molecule has 0 fully saturated rings. The number of unbranched alkanes of at least 4 members (excludes halogenated alkanes) is 4. The molecule has 0 spiro atoms. The first-order valence-electron chi connectivity index (χ1n) is 34.6. The first kappa shape index (κ1) is 126. The number of hydrogen-bond donors (Lipinski definition) is 1. The second-order valence-electron chi connectivity index (χ2n) is 30.6. The highest BCUT2D eigenvalue weighted by molar-refractivity contribution is 7.46. The molecule has 0 aromatic heterocycles. The molecular weight excluding hydrogens is 1360 g/mol. The molecule has 0 aliphatic rings. The van der Waals surface area contributed by atoms with E-state index in [2.05, 4.69) is 257 Å². The van der Waals surface area contributed by atoms with E-state index in [1.807, 2.05) is 83.1 Å². The number of nitrogens with one attached hydrogen (secondary N) is 1. The van der Waals surface area contributed by atoms with Crippen LogP contribution in [0.3, 0.4) is 0 Å². The van der Waals surface area contributed by atoms with Gasteiger partial charge < -0.3 is 52.4 Å². The maximum atomic E-state index is 11.7. The number of phosphoric ester groups is 2. The number of phosphoric acid groups is 2. The molecule has 2 atom stereocenters. The predicted molar refractivity (Wildman–Crippen MR) is 423 cm³/mol. The van der Waals surface area contributed by atoms with Gasteiger partial charge in [0, 0.05) is 59.2 Å². The van der Waals surface area contributed by atoms with E-state index in [4.69, 9.17) is 14.0 Å². The second kappa shape index (κ2) is 80.5. The third-order valence-electron chi connectivity index (χ3n) is 10.1. The average molecular weight is 1520 g/mol. The SMILES string of the molecule is C=C.C=C.C=C.C=C.C=C.C=C.C=C.C=C.CC(C)(C)/C=C/OOOOOCCOP(=O)([O-])OCCCCC(=O)CC(C)(C)C.CC(C)(C)/C=C/OOOOOCCOP(=O)([O-])OCCCOCC(C)(C)C.CC(C)(C)CCCCC(=O)NCC(C)(C)C.CC(C)(C)CCCCCOCC(C)(C)C. The first-order chi connectivity index (χ1) is 47.5. The van der Waals surface area contributed by atoms with Gasteiger partial charge in [0.2, 0.25) is 5.91 Å². The molecule has 0 aromatic rings. The fourth-order valence-electron chi connectivity index (χ4n) is 5.92. The summed E-state index contributed by atoms with van der Waals surface area (Å²) in [6.07, 6.45) is 17.5. The molecule has 0 heterocycles. The van der Waals surface area contributed by atoms with Crippen molar-refractivity contribution in [3.8, 4) is 0 Å². The molecule has 0 saturated heterocycles. The van der Waals surface area contributed by atoms with E-state index in [-0.39, 0.29) is 78.4 Å². The molecule has 0 bridgehead atoms. The molecule has 0 radical (unpaired) electrons. The highest BCUT2D eigenvalue weighted by Gasteiger charge is 2.18. The summed E-state index contributed by atoms with van der Waals surface area (Å²) in [6.45, 7) is 101. The lowest BCUT2D eigenvalue weighted by Gasteiger charge is -2.22. The second-order valence-corrected chi connectivity index (χ2v) is 33.4. The van der Waals surface area contributed by atoms with Crippen molar-refractivity contribution in [3.63, 3.8) is 0 Å². The van der Waals surface area contributed by atoms with Gasteiger partial charge in [-0.05, 0) is 110 Å². The Morgan fingerprint density at radius 1 is 0.350 bits per heavy atom. The minimum Gasteiger partial charge on any atom is -0.756 e. The summed E-state index contributed by atoms with van der Waals surface area (Å²) in [5.41, 5.74) is 1.22. The standard InChI is InChI=1S/C18H35O10P.C16H33O10P.C14H29NO.C14H30O.8C2H4/c1-17(2,3)10-12-22-26-28-27-23-13-14-25-29(20,21)24-11-8-7-9-16(19)15-18(4,5)6;1-15(2,3)8-11-20-24-26-25-21-12-13-23-27(17,18)22-10-7-9-19-14-16(4,5)6;1-13(2,3)10-8-7-9-12(16)15-11-14(4,5)6;1-13(2,3)10-8-7-9-11-15-12-14(4,5)6;8*1-2/h10,12H,7-9,11,13-15H2,1-6H3,(H,20,21);8,11H,7,9-10,12-14H2,1-6H3,(H,17,18);7-11H2,1-6H3,(H,15,16);7-12H2,1-6H3;8*1-2H2/p-2/b12-10+;11-8+;;;;;;;;;;. The number of Topliss-reactive ketones (excluding diaryl/α,β-unsaturated/α-hetero) is 1. The van der Waals surface area contributed by atoms with Crippen LogP contribution < -0.4 is 15.1 Å². The summed E-state index contributed by atoms with van der Waals surface area (Å²) >= 11 is 0. The van der Waals surface area contributed by atoms with Gasteiger partial charge in [-0.25, -0.2) is 9.78 Å². The highest BCUT2D eigenvalue weighted by atomic mass is 31.2. The van der Waals surface area contributed by atoms with Gasteiger partial charge >= 0.3 is 0 Å². The molecule has 0 aromatic carbocycles. The maximum absolute atomic E-state index is 11.7. The van der Waals surface area contributed by atoms with Crippen molar-refractivity contribution in [2.45, 2.75) is 250 Å². The fourth-order valence-corrected chi connectivity index (χ4v) is 7.37. The number of amides is 1. The van der Waals surface area contributed by atoms with Crippen LogP contribution in [0.2, 0.25) is 0 Å². The maximum Gasteiger partial charge on any atom is 0.267 e. The lowest BCUT2D eigenvalue weighted by Crippen LogP contribution is -2.32. The Labute approximate surface area is 631 Å². The average Bonchev–Trinajstić information content (AvgIpc) is 0.968. The number of ether oxygens (including phenoxy) is 2. The Kier molecular flexibility index (Phi) is 98.1. The van der Waals surface area contributed by atoms with Crippen molar-refractivity contribution in [1.29, 1.82) is 0 Å². The molecule has 0 aliphatic heterocycles. The monoisotopic (exact) mass is 1520 g/mol. The smallest absolute Gasteiger partial charge is 0.267 e. The van der Waals surface area contributed by atoms with Crippen LogP contribution in [-0.2, 0) is 96.1 Å². The van der Waals surface area contributed by atoms with Gasteiger partial charge in [-0.15, -0.1) is 105 Å². The molecule has 618 valence electrons. The zero-order valence-corrected chi connectivity index (χ0v) is 71.8. The van der Waals surface area contributed by atoms with Crippen LogP contribution in [0.15, 0.2) is 130 Å². The predicted octanol–water partition coefficient (Wildman–Crippen LogP) is 22.0. The molecule has 23 nitrogen and oxygen atoms in total. The van der Waals surface area contributed by atoms with E-state index in [0.717, 1.165) is 32.6 Å². The van der Waals surface area contributed by atoms with E-state index >= 15 is 0 Å². The zero-order valence-electron chi connectivity index (χ0n) is 70.0. The zero-order chi connectivity index (χ0) is 84.0. The fraction of sp³-hybridized carbons (Fsp3) is 0.718. The van der Waals surface area contributed by atoms with Crippen molar-refractivity contribution in [2.24, 2.45) is 43.3 Å². The largest absolute Gasteiger partial charge is 0.756 e. The third kappa shape index (κ3) is 152. The van der Waals surface area contributed by atoms with E-state index in [1.54, 1.807) is 12.2 Å². The summed E-state index contributed by atoms with van der Waals surface area (Å²) in [6, 6.07) is 0. The number of hydrogen-bond acceptors (Lipinski definition) is 22. The molecule has 0 rings (SSSR count). The summed E-state index contributed by atoms with van der Waals surface area (Å²) in [5, 5.41) is 27.7. The van der Waals surface area contributed by atoms with Gasteiger partial charge in [0.25, 0.3) is 15.6 Å². The van der Waals surface area contributed by atoms with E-state index in [1.165, 1.54) is 44.6 Å². The molecule has 103 heavy (non-hydrogen) atoms. The summed E-state index contributed by atoms with van der Waals surface area (Å²) in [5.74, 6) is 0.349. The Morgan fingerprint density at radius 3 is 1.00 bits per heavy atom. The van der Waals surface area contributed by atoms with Crippen LogP contribution in [0.4, 0.5) is 0 Å². The van der Waals surface area contributed by atoms with E-state index in [0.29, 0.717) is 68.0 Å². The number of carbonyl (C=O) groups excluding carboxylic acids is 2. The topological polar surface area (TPSA) is 274 Å². The molecule has 1 amide bonds. The molecular formula is C78H157NO22P2-2. The van der Waals surface area contributed by atoms with Gasteiger partial charge in [-0.3, -0.25) is 18.7 Å². The van der Waals surface area contributed by atoms with Crippen LogP contribution in [0.25, 0.3) is 0 Å². The Morgan fingerprint density at radius 2 is 0.670 bits per heavy atom. The lowest BCUT2D eigenvalue weighted by molar-refractivity contribution is -0.700. The summed E-state index contributed by atoms with van der Waals surface area (Å²) in [7, 11) is -8.86. The van der Waals surface area contributed by atoms with Crippen molar-refractivity contribution >= 4 is 27.3 Å². The number of ketones is 1. The van der Waals surface area contributed by atoms with Crippen molar-refractivity contribution < 1.29 is 106 Å². The van der Waals surface area contributed by atoms with E-state index in [9.17, 15) is 28.5 Å². The molecule has 2 unspecified atom stereocenters. The first-order valence-corrected chi connectivity index (χ1v) is 37.5. The lowest BCUT2D eigenvalue weighted by atomic mass is 9.88. The van der Waals surface area contributed by atoms with Crippen molar-refractivity contribution in [1.82, 2.24) is 5.32 Å². The summed E-state index contributed by atoms with van der Waals surface area (Å²) in [4.78, 5) is 64.1. The van der Waals surface area contributed by atoms with Crippen LogP contribution >= 0.6 is 15.6 Å². The Bertz CT molecular complexity index is 1930. The van der Waals surface area contributed by atoms with Gasteiger partial charge in [-0.2, -0.15) is 0 Å². The van der Waals surface area contributed by atoms with Crippen LogP contribution in [0, 0.1) is 43.3 Å². The quantitative estimate of drug-likeness (QED) is 0.0148. The minimum absolute atomic E-state index is 0.0291. The van der Waals surface area contributed by atoms with Crippen LogP contribution in [-0.4, -0.2) is 84.3 Å². The molecule has 0 aliphatic carbocycles. The Hall–Kier alpha value is -4.04. The van der Waals surface area contributed by atoms with Gasteiger partial charge in [0.1, 0.15) is 31.5 Å². The number of allylic oxidation sites excluding steroid dienone is 2. The van der Waals surface area contributed by atoms with Gasteiger partial charge in [-0.1, -0.05) is 185 Å².